The fourth-order valence-electron chi connectivity index (χ4n) is 1.70. The van der Waals surface area contributed by atoms with E-state index in [-0.39, 0.29) is 0 Å². The summed E-state index contributed by atoms with van der Waals surface area (Å²) >= 11 is 0. The highest BCUT2D eigenvalue weighted by Crippen LogP contribution is 2.16. The van der Waals surface area contributed by atoms with Gasteiger partial charge in [0, 0.05) is 6.54 Å². The molecule has 0 aliphatic carbocycles. The lowest BCUT2D eigenvalue weighted by Crippen LogP contribution is -2.19. The van der Waals surface area contributed by atoms with Gasteiger partial charge >= 0.3 is 0 Å². The van der Waals surface area contributed by atoms with Crippen LogP contribution in [-0.4, -0.2) is 32.9 Å². The van der Waals surface area contributed by atoms with Crippen molar-refractivity contribution in [2.45, 2.75) is 45.9 Å². The summed E-state index contributed by atoms with van der Waals surface area (Å²) in [5.41, 5.74) is 2.99. The molecule has 1 nitrogen and oxygen atoms in total. The molecule has 0 aromatic carbocycles. The van der Waals surface area contributed by atoms with Crippen LogP contribution < -0.4 is 0 Å². The minimum absolute atomic E-state index is 1.13. The molecule has 2 heteroatoms. The summed E-state index contributed by atoms with van der Waals surface area (Å²) in [5, 5.41) is 0. The van der Waals surface area contributed by atoms with E-state index in [1.54, 1.807) is 5.57 Å². The minimum Gasteiger partial charge on any atom is -0.306 e. The Labute approximate surface area is 103 Å². The van der Waals surface area contributed by atoms with Crippen molar-refractivity contribution < 1.29 is 0 Å². The first kappa shape index (κ1) is 15.5. The lowest BCUT2D eigenvalue weighted by molar-refractivity contribution is 0.356. The summed E-state index contributed by atoms with van der Waals surface area (Å²) in [4.78, 5) is 2.34. The molecule has 0 atom stereocenters. The van der Waals surface area contributed by atoms with E-state index in [4.69, 9.17) is 0 Å². The zero-order valence-electron chi connectivity index (χ0n) is 11.7. The maximum atomic E-state index is 4.17. The molecule has 0 N–H and O–H groups in total. The zero-order chi connectivity index (χ0) is 12.4. The van der Waals surface area contributed by atoms with Crippen LogP contribution in [0.3, 0.4) is 0 Å². The molecule has 0 aromatic rings. The Balaban J connectivity index is 3.72. The average Bonchev–Trinajstić information content (AvgIpc) is 2.31. The van der Waals surface area contributed by atoms with Crippen LogP contribution in [0.15, 0.2) is 23.8 Å². The van der Waals surface area contributed by atoms with E-state index in [0.717, 1.165) is 25.9 Å². The molecule has 92 valence electrons. The molecule has 0 rings (SSSR count). The van der Waals surface area contributed by atoms with Gasteiger partial charge in [-0.15, -0.1) is 0 Å². The van der Waals surface area contributed by atoms with Crippen molar-refractivity contribution in [3.8, 4) is 0 Å². The van der Waals surface area contributed by atoms with E-state index in [1.807, 2.05) is 0 Å². The van der Waals surface area contributed by atoms with Crippen molar-refractivity contribution >= 4 is 7.85 Å². The molecule has 0 saturated carbocycles. The predicted octanol–water partition coefficient (Wildman–Crippen LogP) is 3.05. The molecule has 0 aromatic heterocycles. The van der Waals surface area contributed by atoms with Crippen molar-refractivity contribution in [2.75, 3.05) is 20.1 Å². The summed E-state index contributed by atoms with van der Waals surface area (Å²) in [5.74, 6) is 0. The fourth-order valence-corrected chi connectivity index (χ4v) is 1.70. The monoisotopic (exact) mass is 221 g/mol. The molecule has 0 saturated heterocycles. The van der Waals surface area contributed by atoms with Crippen LogP contribution in [0.25, 0.3) is 0 Å². The summed E-state index contributed by atoms with van der Waals surface area (Å²) in [7, 11) is 4.41. The molecule has 0 aliphatic heterocycles. The van der Waals surface area contributed by atoms with Crippen molar-refractivity contribution in [3.05, 3.63) is 23.8 Å². The average molecular weight is 221 g/mol. The third-order valence-corrected chi connectivity index (χ3v) is 3.17. The highest BCUT2D eigenvalue weighted by molar-refractivity contribution is 6.08. The summed E-state index contributed by atoms with van der Waals surface area (Å²) < 4.78 is 0. The minimum atomic E-state index is 1.13. The van der Waals surface area contributed by atoms with Gasteiger partial charge in [0.2, 0.25) is 0 Å². The second-order valence-electron chi connectivity index (χ2n) is 4.59. The van der Waals surface area contributed by atoms with Crippen molar-refractivity contribution in [1.82, 2.24) is 4.90 Å². The van der Waals surface area contributed by atoms with Crippen LogP contribution in [-0.2, 0) is 0 Å². The molecule has 0 aliphatic rings. The van der Waals surface area contributed by atoms with Crippen LogP contribution >= 0.6 is 0 Å². The molecular weight excluding hydrogens is 193 g/mol. The Morgan fingerprint density at radius 2 is 1.94 bits per heavy atom. The Hall–Kier alpha value is -0.495. The lowest BCUT2D eigenvalue weighted by atomic mass is 9.93. The summed E-state index contributed by atoms with van der Waals surface area (Å²) in [6, 6.07) is 0. The SMILES string of the molecule is BCC/C(=C/C)CCC(=C)CCN(C)CC. The standard InChI is InChI=1S/C14H28BN/c1-5-14(9-11-15)8-7-13(3)10-12-16(4)6-2/h5H,3,6-12,15H2,1-2,4H3/b14-5+. The van der Waals surface area contributed by atoms with Gasteiger partial charge in [0.15, 0.2) is 0 Å². The first-order valence-corrected chi connectivity index (χ1v) is 6.63. The maximum absolute atomic E-state index is 4.17. The van der Waals surface area contributed by atoms with Crippen molar-refractivity contribution in [1.29, 1.82) is 0 Å². The second-order valence-corrected chi connectivity index (χ2v) is 4.59. The molecule has 0 fully saturated rings. The van der Waals surface area contributed by atoms with Crippen LogP contribution in [0.1, 0.15) is 39.5 Å². The van der Waals surface area contributed by atoms with E-state index in [0.29, 0.717) is 0 Å². The molecule has 0 unspecified atom stereocenters. The number of allylic oxidation sites excluding steroid dienone is 2. The quantitative estimate of drug-likeness (QED) is 0.427. The normalized spacial score (nSPS) is 12.1. The van der Waals surface area contributed by atoms with Gasteiger partial charge in [-0.1, -0.05) is 37.0 Å². The highest BCUT2D eigenvalue weighted by atomic mass is 15.1. The Morgan fingerprint density at radius 3 is 2.44 bits per heavy atom. The fraction of sp³-hybridized carbons (Fsp3) is 0.714. The molecule has 0 bridgehead atoms. The van der Waals surface area contributed by atoms with Gasteiger partial charge in [-0.2, -0.15) is 0 Å². The Morgan fingerprint density at radius 1 is 1.25 bits per heavy atom. The van der Waals surface area contributed by atoms with Crippen molar-refractivity contribution in [3.63, 3.8) is 0 Å². The van der Waals surface area contributed by atoms with Gasteiger partial charge in [0.1, 0.15) is 7.85 Å². The third-order valence-electron chi connectivity index (χ3n) is 3.17. The lowest BCUT2D eigenvalue weighted by Gasteiger charge is -2.15. The zero-order valence-corrected chi connectivity index (χ0v) is 11.7. The molecule has 0 radical (unpaired) electrons. The topological polar surface area (TPSA) is 3.24 Å². The molecule has 0 spiro atoms. The molecular formula is C14H28BN. The molecule has 0 amide bonds. The van der Waals surface area contributed by atoms with Gasteiger partial charge in [0.25, 0.3) is 0 Å². The van der Waals surface area contributed by atoms with Crippen molar-refractivity contribution in [2.24, 2.45) is 0 Å². The summed E-state index contributed by atoms with van der Waals surface area (Å²) in [6.07, 6.45) is 8.29. The van der Waals surface area contributed by atoms with Gasteiger partial charge in [-0.3, -0.25) is 0 Å². The van der Waals surface area contributed by atoms with Gasteiger partial charge in [-0.05, 0) is 46.2 Å². The van der Waals surface area contributed by atoms with E-state index in [2.05, 4.69) is 46.3 Å². The third kappa shape index (κ3) is 7.75. The van der Waals surface area contributed by atoms with Crippen LogP contribution in [0.2, 0.25) is 6.32 Å². The molecule has 16 heavy (non-hydrogen) atoms. The predicted molar refractivity (Wildman–Crippen MR) is 77.9 cm³/mol. The van der Waals surface area contributed by atoms with E-state index < -0.39 is 0 Å². The van der Waals surface area contributed by atoms with Gasteiger partial charge in [-0.25, -0.2) is 0 Å². The number of rotatable bonds is 9. The first-order valence-electron chi connectivity index (χ1n) is 6.63. The van der Waals surface area contributed by atoms with Gasteiger partial charge in [0.05, 0.1) is 0 Å². The van der Waals surface area contributed by atoms with E-state index in [1.165, 1.54) is 24.7 Å². The Bertz CT molecular complexity index is 221. The van der Waals surface area contributed by atoms with Crippen LogP contribution in [0, 0.1) is 0 Å². The van der Waals surface area contributed by atoms with Gasteiger partial charge < -0.3 is 4.90 Å². The number of hydrogen-bond acceptors (Lipinski definition) is 1. The van der Waals surface area contributed by atoms with E-state index in [9.17, 15) is 0 Å². The largest absolute Gasteiger partial charge is 0.306 e. The first-order chi connectivity index (χ1) is 7.63. The second kappa shape index (κ2) is 9.71. The van der Waals surface area contributed by atoms with E-state index >= 15 is 0 Å². The smallest absolute Gasteiger partial charge is 0.101 e. The molecule has 0 heterocycles. The van der Waals surface area contributed by atoms with Crippen LogP contribution in [0.4, 0.5) is 0 Å². The maximum Gasteiger partial charge on any atom is 0.101 e. The number of nitrogens with zero attached hydrogens (tertiary/aromatic N) is 1. The van der Waals surface area contributed by atoms with Crippen LogP contribution in [0.5, 0.6) is 0 Å². The number of hydrogen-bond donors (Lipinski definition) is 0. The Kier molecular flexibility index (Phi) is 9.41. The summed E-state index contributed by atoms with van der Waals surface area (Å²) in [6.45, 7) is 10.8. The highest BCUT2D eigenvalue weighted by Gasteiger charge is 2.00.